The van der Waals surface area contributed by atoms with Crippen LogP contribution < -0.4 is 11.1 Å². The van der Waals surface area contributed by atoms with Gasteiger partial charge in [0.2, 0.25) is 5.91 Å². The molecule has 1 aliphatic heterocycles. The van der Waals surface area contributed by atoms with Crippen molar-refractivity contribution in [2.75, 3.05) is 18.5 Å². The van der Waals surface area contributed by atoms with Crippen LogP contribution in [-0.2, 0) is 9.53 Å². The lowest BCUT2D eigenvalue weighted by atomic mass is 9.90. The van der Waals surface area contributed by atoms with Gasteiger partial charge in [0, 0.05) is 13.2 Å². The zero-order valence-corrected chi connectivity index (χ0v) is 11.2. The number of pyridine rings is 1. The van der Waals surface area contributed by atoms with Crippen molar-refractivity contribution in [3.05, 3.63) is 18.0 Å². The summed E-state index contributed by atoms with van der Waals surface area (Å²) in [5.74, 6) is -0.212. The number of fused-ring (bicyclic) bond motifs is 1. The van der Waals surface area contributed by atoms with Crippen molar-refractivity contribution in [1.82, 2.24) is 10.1 Å². The van der Waals surface area contributed by atoms with Gasteiger partial charge in [-0.05, 0) is 25.8 Å². The molecule has 1 fully saturated rings. The van der Waals surface area contributed by atoms with Crippen LogP contribution >= 0.6 is 0 Å². The monoisotopic (exact) mass is 276 g/mol. The zero-order valence-electron chi connectivity index (χ0n) is 11.2. The standard InChI is InChI=1S/C13H16N4O3/c1-8-10-6-9(7-15-11(10)20-17-8)16-12(18)13(14)2-4-19-5-3-13/h6-7H,2-5,14H2,1H3,(H,16,18). The summed E-state index contributed by atoms with van der Waals surface area (Å²) in [7, 11) is 0. The van der Waals surface area contributed by atoms with Crippen LogP contribution in [0, 0.1) is 6.92 Å². The van der Waals surface area contributed by atoms with E-state index < -0.39 is 5.54 Å². The van der Waals surface area contributed by atoms with Gasteiger partial charge in [-0.25, -0.2) is 4.98 Å². The Morgan fingerprint density at radius 2 is 2.20 bits per heavy atom. The fourth-order valence-electron chi connectivity index (χ4n) is 2.23. The summed E-state index contributed by atoms with van der Waals surface area (Å²) in [6.45, 7) is 2.83. The Labute approximate surface area is 115 Å². The molecule has 3 heterocycles. The van der Waals surface area contributed by atoms with Crippen LogP contribution in [-0.4, -0.2) is 34.8 Å². The maximum atomic E-state index is 12.3. The average Bonchev–Trinajstić information content (AvgIpc) is 2.81. The molecule has 2 aromatic rings. The number of carbonyl (C=O) groups excluding carboxylic acids is 1. The predicted molar refractivity (Wildman–Crippen MR) is 72.1 cm³/mol. The van der Waals surface area contributed by atoms with E-state index in [-0.39, 0.29) is 5.91 Å². The lowest BCUT2D eigenvalue weighted by Crippen LogP contribution is -2.54. The summed E-state index contributed by atoms with van der Waals surface area (Å²) in [4.78, 5) is 16.4. The molecule has 0 spiro atoms. The maximum absolute atomic E-state index is 12.3. The van der Waals surface area contributed by atoms with Crippen LogP contribution in [0.2, 0.25) is 0 Å². The van der Waals surface area contributed by atoms with Gasteiger partial charge < -0.3 is 20.3 Å². The minimum absolute atomic E-state index is 0.212. The molecule has 1 amide bonds. The van der Waals surface area contributed by atoms with Gasteiger partial charge >= 0.3 is 0 Å². The second kappa shape index (κ2) is 4.84. The normalized spacial score (nSPS) is 18.1. The Morgan fingerprint density at radius 1 is 1.45 bits per heavy atom. The first-order chi connectivity index (χ1) is 9.58. The van der Waals surface area contributed by atoms with Gasteiger partial charge in [-0.3, -0.25) is 4.79 Å². The Balaban J connectivity index is 1.81. The third-order valence-electron chi connectivity index (χ3n) is 3.61. The van der Waals surface area contributed by atoms with Crippen LogP contribution in [0.4, 0.5) is 5.69 Å². The Kier molecular flexibility index (Phi) is 3.15. The van der Waals surface area contributed by atoms with Crippen LogP contribution in [0.5, 0.6) is 0 Å². The molecule has 20 heavy (non-hydrogen) atoms. The molecule has 3 rings (SSSR count). The highest BCUT2D eigenvalue weighted by atomic mass is 16.5. The van der Waals surface area contributed by atoms with Crippen molar-refractivity contribution in [3.8, 4) is 0 Å². The number of anilines is 1. The first kappa shape index (κ1) is 13.0. The van der Waals surface area contributed by atoms with E-state index in [9.17, 15) is 4.79 Å². The largest absolute Gasteiger partial charge is 0.381 e. The molecule has 1 saturated heterocycles. The maximum Gasteiger partial charge on any atom is 0.258 e. The number of ether oxygens (including phenoxy) is 1. The van der Waals surface area contributed by atoms with E-state index in [4.69, 9.17) is 15.0 Å². The number of nitrogens with one attached hydrogen (secondary N) is 1. The molecule has 7 nitrogen and oxygen atoms in total. The van der Waals surface area contributed by atoms with E-state index in [0.717, 1.165) is 11.1 Å². The molecular weight excluding hydrogens is 260 g/mol. The third kappa shape index (κ3) is 2.25. The van der Waals surface area contributed by atoms with Gasteiger partial charge in [0.05, 0.1) is 23.0 Å². The Bertz CT molecular complexity index is 646. The number of carbonyl (C=O) groups is 1. The number of aromatic nitrogens is 2. The molecule has 7 heteroatoms. The van der Waals surface area contributed by atoms with Gasteiger partial charge in [0.1, 0.15) is 5.54 Å². The van der Waals surface area contributed by atoms with Crippen LogP contribution in [0.15, 0.2) is 16.8 Å². The van der Waals surface area contributed by atoms with Gasteiger partial charge in [-0.15, -0.1) is 0 Å². The third-order valence-corrected chi connectivity index (χ3v) is 3.61. The molecule has 0 atom stereocenters. The van der Waals surface area contributed by atoms with Crippen LogP contribution in [0.1, 0.15) is 18.5 Å². The van der Waals surface area contributed by atoms with Gasteiger partial charge in [-0.2, -0.15) is 0 Å². The van der Waals surface area contributed by atoms with E-state index in [1.807, 2.05) is 6.92 Å². The molecule has 2 aromatic heterocycles. The number of rotatable bonds is 2. The molecule has 3 N–H and O–H groups in total. The smallest absolute Gasteiger partial charge is 0.258 e. The number of nitrogens with zero attached hydrogens (tertiary/aromatic N) is 2. The topological polar surface area (TPSA) is 103 Å². The van der Waals surface area contributed by atoms with Crippen molar-refractivity contribution in [2.24, 2.45) is 5.73 Å². The highest BCUT2D eigenvalue weighted by Gasteiger charge is 2.36. The molecule has 0 unspecified atom stereocenters. The summed E-state index contributed by atoms with van der Waals surface area (Å²) in [6, 6.07) is 1.79. The van der Waals surface area contributed by atoms with Crippen molar-refractivity contribution in [3.63, 3.8) is 0 Å². The quantitative estimate of drug-likeness (QED) is 0.847. The second-order valence-corrected chi connectivity index (χ2v) is 5.07. The van der Waals surface area contributed by atoms with Crippen molar-refractivity contribution < 1.29 is 14.1 Å². The van der Waals surface area contributed by atoms with E-state index in [0.29, 0.717) is 37.5 Å². The minimum Gasteiger partial charge on any atom is -0.381 e. The molecule has 0 aliphatic carbocycles. The highest BCUT2D eigenvalue weighted by molar-refractivity contribution is 5.99. The van der Waals surface area contributed by atoms with Crippen LogP contribution in [0.3, 0.4) is 0 Å². The number of amides is 1. The fraction of sp³-hybridized carbons (Fsp3) is 0.462. The number of aryl methyl sites for hydroxylation is 1. The van der Waals surface area contributed by atoms with E-state index in [1.165, 1.54) is 6.20 Å². The van der Waals surface area contributed by atoms with E-state index >= 15 is 0 Å². The highest BCUT2D eigenvalue weighted by Crippen LogP contribution is 2.23. The van der Waals surface area contributed by atoms with Crippen molar-refractivity contribution in [2.45, 2.75) is 25.3 Å². The molecule has 0 saturated carbocycles. The summed E-state index contributed by atoms with van der Waals surface area (Å²) in [5, 5.41) is 7.42. The number of hydrogen-bond donors (Lipinski definition) is 2. The number of hydrogen-bond acceptors (Lipinski definition) is 6. The molecule has 0 aromatic carbocycles. The van der Waals surface area contributed by atoms with Crippen LogP contribution in [0.25, 0.3) is 11.1 Å². The van der Waals surface area contributed by atoms with Gasteiger partial charge in [0.25, 0.3) is 5.71 Å². The summed E-state index contributed by atoms with van der Waals surface area (Å²) in [5.41, 5.74) is 7.03. The predicted octanol–water partition coefficient (Wildman–Crippen LogP) is 0.978. The van der Waals surface area contributed by atoms with E-state index in [1.54, 1.807) is 6.07 Å². The fourth-order valence-corrected chi connectivity index (χ4v) is 2.23. The lowest BCUT2D eigenvalue weighted by Gasteiger charge is -2.31. The summed E-state index contributed by atoms with van der Waals surface area (Å²) < 4.78 is 10.3. The SMILES string of the molecule is Cc1noc2ncc(NC(=O)C3(N)CCOCC3)cc12. The van der Waals surface area contributed by atoms with Gasteiger partial charge in [-0.1, -0.05) is 5.16 Å². The second-order valence-electron chi connectivity index (χ2n) is 5.07. The molecule has 0 radical (unpaired) electrons. The zero-order chi connectivity index (χ0) is 14.2. The first-order valence-corrected chi connectivity index (χ1v) is 6.49. The molecule has 1 aliphatic rings. The molecule has 106 valence electrons. The Hall–Kier alpha value is -1.99. The Morgan fingerprint density at radius 3 is 2.95 bits per heavy atom. The van der Waals surface area contributed by atoms with Crippen molar-refractivity contribution >= 4 is 22.7 Å². The van der Waals surface area contributed by atoms with Gasteiger partial charge in [0.15, 0.2) is 0 Å². The molecular formula is C13H16N4O3. The summed E-state index contributed by atoms with van der Waals surface area (Å²) >= 11 is 0. The lowest BCUT2D eigenvalue weighted by molar-refractivity contribution is -0.124. The number of nitrogens with two attached hydrogens (primary N) is 1. The molecule has 0 bridgehead atoms. The van der Waals surface area contributed by atoms with E-state index in [2.05, 4.69) is 15.5 Å². The minimum atomic E-state index is -0.878. The van der Waals surface area contributed by atoms with Crippen molar-refractivity contribution in [1.29, 1.82) is 0 Å². The first-order valence-electron chi connectivity index (χ1n) is 6.49. The average molecular weight is 276 g/mol. The summed E-state index contributed by atoms with van der Waals surface area (Å²) in [6.07, 6.45) is 2.56.